The van der Waals surface area contributed by atoms with Crippen LogP contribution in [0.3, 0.4) is 0 Å². The molecule has 6 nitrogen and oxygen atoms in total. The number of nitrogens with zero attached hydrogens (tertiary/aromatic N) is 2. The Balaban J connectivity index is 1.51. The number of aromatic nitrogens is 2. The fourth-order valence-electron chi connectivity index (χ4n) is 3.64. The second kappa shape index (κ2) is 11.4. The van der Waals surface area contributed by atoms with Gasteiger partial charge in [0.15, 0.2) is 11.9 Å². The van der Waals surface area contributed by atoms with Crippen LogP contribution in [-0.4, -0.2) is 32.5 Å². The highest BCUT2D eigenvalue weighted by Gasteiger charge is 2.18. The van der Waals surface area contributed by atoms with Crippen LogP contribution in [0.1, 0.15) is 39.8 Å². The highest BCUT2D eigenvalue weighted by Crippen LogP contribution is 2.21. The molecule has 0 unspecified atom stereocenters. The third kappa shape index (κ3) is 6.23. The third-order valence-corrected chi connectivity index (χ3v) is 5.80. The molecular formula is C30H28N2O4. The van der Waals surface area contributed by atoms with Gasteiger partial charge in [0.25, 0.3) is 0 Å². The van der Waals surface area contributed by atoms with Gasteiger partial charge in [-0.2, -0.15) is 0 Å². The highest BCUT2D eigenvalue weighted by atomic mass is 16.5. The zero-order chi connectivity index (χ0) is 25.5. The number of aliphatic carboxylic acids is 1. The molecule has 1 N–H and O–H groups in total. The fraction of sp³-hybridized carbons (Fsp3) is 0.167. The number of benzene rings is 3. The van der Waals surface area contributed by atoms with Gasteiger partial charge in [-0.15, -0.1) is 0 Å². The van der Waals surface area contributed by atoms with Crippen molar-refractivity contribution in [2.24, 2.45) is 0 Å². The van der Waals surface area contributed by atoms with Gasteiger partial charge in [-0.05, 0) is 25.0 Å². The Hall–Kier alpha value is -4.29. The second-order valence-corrected chi connectivity index (χ2v) is 8.60. The van der Waals surface area contributed by atoms with Gasteiger partial charge in [-0.3, -0.25) is 4.79 Å². The minimum absolute atomic E-state index is 0.120. The molecule has 0 aliphatic heterocycles. The first kappa shape index (κ1) is 24.8. The highest BCUT2D eigenvalue weighted by molar-refractivity contribution is 6.07. The molecule has 6 heteroatoms. The van der Waals surface area contributed by atoms with Crippen molar-refractivity contribution in [3.63, 3.8) is 0 Å². The summed E-state index contributed by atoms with van der Waals surface area (Å²) in [5.41, 5.74) is 5.28. The van der Waals surface area contributed by atoms with E-state index in [1.165, 1.54) is 6.92 Å². The van der Waals surface area contributed by atoms with Gasteiger partial charge >= 0.3 is 5.97 Å². The summed E-state index contributed by atoms with van der Waals surface area (Å²) in [5.74, 6) is -0.711. The van der Waals surface area contributed by atoms with E-state index >= 15 is 0 Å². The maximum atomic E-state index is 13.3. The smallest absolute Gasteiger partial charge is 0.332 e. The zero-order valence-electron chi connectivity index (χ0n) is 20.3. The van der Waals surface area contributed by atoms with Crippen LogP contribution in [0.2, 0.25) is 0 Å². The summed E-state index contributed by atoms with van der Waals surface area (Å²) in [4.78, 5) is 28.9. The Morgan fingerprint density at radius 2 is 1.69 bits per heavy atom. The van der Waals surface area contributed by atoms with E-state index in [9.17, 15) is 9.59 Å². The number of hydrogen-bond donors (Lipinski definition) is 1. The van der Waals surface area contributed by atoms with Crippen LogP contribution in [0.5, 0.6) is 0 Å². The zero-order valence-corrected chi connectivity index (χ0v) is 20.3. The maximum Gasteiger partial charge on any atom is 0.332 e. The Morgan fingerprint density at radius 1 is 1.00 bits per heavy atom. The number of hydrogen-bond acceptors (Lipinski definition) is 4. The molecule has 0 saturated carbocycles. The Bertz CT molecular complexity index is 1350. The average Bonchev–Trinajstić information content (AvgIpc) is 3.32. The first-order valence-electron chi connectivity index (χ1n) is 11.7. The fourth-order valence-corrected chi connectivity index (χ4v) is 3.64. The van der Waals surface area contributed by atoms with Crippen LogP contribution in [-0.2, 0) is 22.7 Å². The molecule has 0 saturated heterocycles. The lowest BCUT2D eigenvalue weighted by molar-refractivity contribution is -0.149. The number of ether oxygens (including phenoxy) is 1. The summed E-state index contributed by atoms with van der Waals surface area (Å²) in [6.07, 6.45) is 5.02. The maximum absolute atomic E-state index is 13.3. The van der Waals surface area contributed by atoms with E-state index in [1.807, 2.05) is 109 Å². The lowest BCUT2D eigenvalue weighted by Gasteiger charge is -2.08. The van der Waals surface area contributed by atoms with Crippen molar-refractivity contribution in [1.29, 1.82) is 0 Å². The van der Waals surface area contributed by atoms with E-state index < -0.39 is 12.1 Å². The number of carbonyl (C=O) groups is 2. The summed E-state index contributed by atoms with van der Waals surface area (Å²) in [5, 5.41) is 8.93. The van der Waals surface area contributed by atoms with Crippen molar-refractivity contribution in [2.75, 3.05) is 0 Å². The van der Waals surface area contributed by atoms with Gasteiger partial charge in [0.1, 0.15) is 0 Å². The van der Waals surface area contributed by atoms with E-state index in [0.29, 0.717) is 17.9 Å². The predicted octanol–water partition coefficient (Wildman–Crippen LogP) is 5.79. The van der Waals surface area contributed by atoms with Crippen LogP contribution < -0.4 is 0 Å². The number of imidazole rings is 1. The van der Waals surface area contributed by atoms with Gasteiger partial charge in [-0.1, -0.05) is 96.6 Å². The molecule has 182 valence electrons. The molecule has 36 heavy (non-hydrogen) atoms. The summed E-state index contributed by atoms with van der Waals surface area (Å²) in [7, 11) is 0. The average molecular weight is 481 g/mol. The Morgan fingerprint density at radius 3 is 2.36 bits per heavy atom. The largest absolute Gasteiger partial charge is 0.479 e. The molecule has 0 bridgehead atoms. The van der Waals surface area contributed by atoms with Gasteiger partial charge in [0.2, 0.25) is 5.78 Å². The monoisotopic (exact) mass is 480 g/mol. The molecule has 0 aliphatic rings. The lowest BCUT2D eigenvalue weighted by Crippen LogP contribution is -2.19. The van der Waals surface area contributed by atoms with Crippen molar-refractivity contribution >= 4 is 17.8 Å². The van der Waals surface area contributed by atoms with Crippen LogP contribution in [0.15, 0.2) is 91.1 Å². The van der Waals surface area contributed by atoms with Crippen LogP contribution >= 0.6 is 0 Å². The summed E-state index contributed by atoms with van der Waals surface area (Å²) < 4.78 is 7.20. The van der Waals surface area contributed by atoms with Crippen molar-refractivity contribution in [2.45, 2.75) is 33.1 Å². The summed E-state index contributed by atoms with van der Waals surface area (Å²) >= 11 is 0. The Labute approximate surface area is 210 Å². The van der Waals surface area contributed by atoms with E-state index in [0.717, 1.165) is 27.9 Å². The number of ketones is 1. The standard InChI is InChI=1S/C30H28N2O4/c1-21-10-16-26(17-11-21)28(33)29-31-27(25-8-4-3-5-9-25)19-32(29)18-6-7-23-12-14-24(15-13-23)20-36-22(2)30(34)35/h3-17,19,22H,18,20H2,1-2H3,(H,34,35)/t22-/m0/s1. The number of rotatable bonds is 10. The van der Waals surface area contributed by atoms with Crippen LogP contribution in [0, 0.1) is 6.92 Å². The molecule has 1 atom stereocenters. The van der Waals surface area contributed by atoms with Crippen molar-refractivity contribution in [1.82, 2.24) is 9.55 Å². The topological polar surface area (TPSA) is 81.4 Å². The third-order valence-electron chi connectivity index (χ3n) is 5.80. The van der Waals surface area contributed by atoms with Crippen LogP contribution in [0.25, 0.3) is 17.3 Å². The molecule has 4 aromatic rings. The van der Waals surface area contributed by atoms with Crippen molar-refractivity contribution in [3.8, 4) is 11.3 Å². The molecule has 1 aromatic heterocycles. The molecule has 3 aromatic carbocycles. The molecular weight excluding hydrogens is 452 g/mol. The number of carboxylic acid groups (broad SMARTS) is 1. The van der Waals surface area contributed by atoms with E-state index in [-0.39, 0.29) is 12.4 Å². The van der Waals surface area contributed by atoms with Gasteiger partial charge in [0, 0.05) is 23.9 Å². The SMILES string of the molecule is Cc1ccc(C(=O)c2nc(-c3ccccc3)cn2CC=Cc2ccc(CO[C@@H](C)C(=O)O)cc2)cc1. The van der Waals surface area contributed by atoms with Gasteiger partial charge in [-0.25, -0.2) is 9.78 Å². The quantitative estimate of drug-likeness (QED) is 0.291. The Kier molecular flexibility index (Phi) is 7.88. The summed E-state index contributed by atoms with van der Waals surface area (Å²) in [6.45, 7) is 4.22. The van der Waals surface area contributed by atoms with Crippen molar-refractivity contribution in [3.05, 3.63) is 119 Å². The molecule has 0 spiro atoms. The molecule has 0 fully saturated rings. The molecule has 4 rings (SSSR count). The predicted molar refractivity (Wildman–Crippen MR) is 140 cm³/mol. The first-order valence-corrected chi connectivity index (χ1v) is 11.7. The molecule has 0 amide bonds. The van der Waals surface area contributed by atoms with Crippen molar-refractivity contribution < 1.29 is 19.4 Å². The normalized spacial score (nSPS) is 12.1. The van der Waals surface area contributed by atoms with E-state index in [2.05, 4.69) is 4.98 Å². The minimum Gasteiger partial charge on any atom is -0.479 e. The van der Waals surface area contributed by atoms with Gasteiger partial charge < -0.3 is 14.4 Å². The number of carbonyl (C=O) groups excluding carboxylic acids is 1. The molecule has 0 aliphatic carbocycles. The first-order chi connectivity index (χ1) is 17.4. The molecule has 0 radical (unpaired) electrons. The summed E-state index contributed by atoms with van der Waals surface area (Å²) in [6, 6.07) is 25.0. The molecule has 1 heterocycles. The number of carboxylic acids is 1. The number of aryl methyl sites for hydroxylation is 1. The van der Waals surface area contributed by atoms with Crippen LogP contribution in [0.4, 0.5) is 0 Å². The lowest BCUT2D eigenvalue weighted by atomic mass is 10.1. The van der Waals surface area contributed by atoms with Gasteiger partial charge in [0.05, 0.1) is 12.3 Å². The number of allylic oxidation sites excluding steroid dienone is 1. The van der Waals surface area contributed by atoms with E-state index in [1.54, 1.807) is 0 Å². The second-order valence-electron chi connectivity index (χ2n) is 8.60. The minimum atomic E-state index is -0.982. The van der Waals surface area contributed by atoms with E-state index in [4.69, 9.17) is 9.84 Å².